The number of hydrogen-bond donors (Lipinski definition) is 1. The number of anilines is 1. The molecule has 1 N–H and O–H groups in total. The first-order chi connectivity index (χ1) is 14.6. The summed E-state index contributed by atoms with van der Waals surface area (Å²) in [6, 6.07) is 8.67. The molecule has 4 heterocycles. The standard InChI is InChI=1S/C22H23N7O/c1-14-13-29-17(12-23-14)11-20(26-29)21-24-19-5-4-16(10-18(19)22(30)25-21)28-8-6-27(7-9-28)15-2-3-15/h4-5,10-13,15H,2-3,6-9H2,1H3,(H,24,25,30). The number of aromatic nitrogens is 5. The van der Waals surface area contributed by atoms with Crippen molar-refractivity contribution in [2.45, 2.75) is 25.8 Å². The minimum atomic E-state index is -0.139. The van der Waals surface area contributed by atoms with Gasteiger partial charge in [-0.3, -0.25) is 14.7 Å². The molecular formula is C22H23N7O. The Kier molecular flexibility index (Phi) is 3.89. The Morgan fingerprint density at radius 2 is 1.93 bits per heavy atom. The van der Waals surface area contributed by atoms with Crippen molar-refractivity contribution in [2.24, 2.45) is 0 Å². The fourth-order valence-corrected chi connectivity index (χ4v) is 4.33. The van der Waals surface area contributed by atoms with Crippen LogP contribution in [0.3, 0.4) is 0 Å². The minimum Gasteiger partial charge on any atom is -0.369 e. The molecule has 1 aliphatic carbocycles. The average molecular weight is 401 g/mol. The quantitative estimate of drug-likeness (QED) is 0.567. The van der Waals surface area contributed by atoms with Gasteiger partial charge in [0.05, 0.1) is 34.5 Å². The number of piperazine rings is 1. The van der Waals surface area contributed by atoms with Crippen LogP contribution < -0.4 is 10.5 Å². The van der Waals surface area contributed by atoms with Gasteiger partial charge in [-0.25, -0.2) is 9.50 Å². The van der Waals surface area contributed by atoms with E-state index in [1.807, 2.05) is 31.3 Å². The van der Waals surface area contributed by atoms with Crippen molar-refractivity contribution in [3.8, 4) is 11.5 Å². The largest absolute Gasteiger partial charge is 0.369 e. The summed E-state index contributed by atoms with van der Waals surface area (Å²) in [6.07, 6.45) is 6.32. The lowest BCUT2D eigenvalue weighted by Gasteiger charge is -2.36. The highest BCUT2D eigenvalue weighted by Crippen LogP contribution is 2.29. The Morgan fingerprint density at radius 3 is 2.73 bits per heavy atom. The fourth-order valence-electron chi connectivity index (χ4n) is 4.33. The maximum atomic E-state index is 12.9. The molecule has 3 aromatic heterocycles. The van der Waals surface area contributed by atoms with Crippen LogP contribution in [0.4, 0.5) is 5.69 Å². The number of nitrogens with one attached hydrogen (secondary N) is 1. The summed E-state index contributed by atoms with van der Waals surface area (Å²) in [5.74, 6) is 0.472. The number of nitrogens with zero attached hydrogens (tertiary/aromatic N) is 6. The lowest BCUT2D eigenvalue weighted by Crippen LogP contribution is -2.47. The Labute approximate surface area is 173 Å². The fraction of sp³-hybridized carbons (Fsp3) is 0.364. The third-order valence-corrected chi connectivity index (χ3v) is 6.15. The van der Waals surface area contributed by atoms with Crippen molar-refractivity contribution in [1.29, 1.82) is 0 Å². The van der Waals surface area contributed by atoms with Crippen LogP contribution in [0.1, 0.15) is 18.5 Å². The molecule has 1 aliphatic heterocycles. The first kappa shape index (κ1) is 17.6. The van der Waals surface area contributed by atoms with Gasteiger partial charge in [0.15, 0.2) is 5.82 Å². The Balaban J connectivity index is 1.32. The summed E-state index contributed by atoms with van der Waals surface area (Å²) in [5, 5.41) is 5.15. The van der Waals surface area contributed by atoms with Gasteiger partial charge < -0.3 is 9.88 Å². The van der Waals surface area contributed by atoms with Crippen LogP contribution in [0.2, 0.25) is 0 Å². The van der Waals surface area contributed by atoms with Crippen molar-refractivity contribution >= 4 is 22.1 Å². The molecule has 0 unspecified atom stereocenters. The molecule has 0 spiro atoms. The number of rotatable bonds is 3. The van der Waals surface area contributed by atoms with Crippen LogP contribution in [-0.2, 0) is 0 Å². The Hall–Kier alpha value is -3.26. The summed E-state index contributed by atoms with van der Waals surface area (Å²) in [7, 11) is 0. The van der Waals surface area contributed by atoms with E-state index in [2.05, 4.69) is 35.9 Å². The molecule has 4 aromatic rings. The van der Waals surface area contributed by atoms with Gasteiger partial charge >= 0.3 is 0 Å². The van der Waals surface area contributed by atoms with Crippen molar-refractivity contribution in [1.82, 2.24) is 29.5 Å². The van der Waals surface area contributed by atoms with E-state index in [1.54, 1.807) is 10.7 Å². The monoisotopic (exact) mass is 401 g/mol. The summed E-state index contributed by atoms with van der Waals surface area (Å²) in [5.41, 5.74) is 4.00. The molecule has 1 saturated heterocycles. The third-order valence-electron chi connectivity index (χ3n) is 6.15. The molecule has 0 bridgehead atoms. The van der Waals surface area contributed by atoms with Gasteiger partial charge in [0.1, 0.15) is 5.69 Å². The number of H-pyrrole nitrogens is 1. The predicted molar refractivity (Wildman–Crippen MR) is 116 cm³/mol. The summed E-state index contributed by atoms with van der Waals surface area (Å²) in [6.45, 7) is 6.11. The molecule has 6 rings (SSSR count). The van der Waals surface area contributed by atoms with E-state index in [-0.39, 0.29) is 5.56 Å². The highest BCUT2D eigenvalue weighted by Gasteiger charge is 2.31. The summed E-state index contributed by atoms with van der Waals surface area (Å²) >= 11 is 0. The van der Waals surface area contributed by atoms with Gasteiger partial charge in [-0.2, -0.15) is 5.10 Å². The molecule has 8 heteroatoms. The number of aromatic amines is 1. The number of fused-ring (bicyclic) bond motifs is 2. The minimum absolute atomic E-state index is 0.139. The average Bonchev–Trinajstić information content (AvgIpc) is 3.53. The molecule has 30 heavy (non-hydrogen) atoms. The van der Waals surface area contributed by atoms with Gasteiger partial charge in [0.2, 0.25) is 0 Å². The van der Waals surface area contributed by atoms with Gasteiger partial charge in [-0.1, -0.05) is 0 Å². The van der Waals surface area contributed by atoms with Crippen LogP contribution in [0, 0.1) is 6.92 Å². The highest BCUT2D eigenvalue weighted by atomic mass is 16.1. The third kappa shape index (κ3) is 3.04. The first-order valence-corrected chi connectivity index (χ1v) is 10.5. The second-order valence-electron chi connectivity index (χ2n) is 8.30. The predicted octanol–water partition coefficient (Wildman–Crippen LogP) is 2.23. The molecule has 1 aromatic carbocycles. The maximum absolute atomic E-state index is 12.9. The Morgan fingerprint density at radius 1 is 1.10 bits per heavy atom. The van der Waals surface area contributed by atoms with Crippen LogP contribution in [0.15, 0.2) is 41.5 Å². The number of hydrogen-bond acceptors (Lipinski definition) is 6. The molecule has 152 valence electrons. The van der Waals surface area contributed by atoms with Crippen LogP contribution >= 0.6 is 0 Å². The Bertz CT molecular complexity index is 1310. The number of benzene rings is 1. The lowest BCUT2D eigenvalue weighted by atomic mass is 10.2. The zero-order valence-electron chi connectivity index (χ0n) is 16.9. The van der Waals surface area contributed by atoms with Gasteiger partial charge in [-0.05, 0) is 44.0 Å². The van der Waals surface area contributed by atoms with Gasteiger partial charge in [0, 0.05) is 37.9 Å². The maximum Gasteiger partial charge on any atom is 0.259 e. The topological polar surface area (TPSA) is 82.4 Å². The second kappa shape index (κ2) is 6.63. The van der Waals surface area contributed by atoms with Crippen LogP contribution in [0.5, 0.6) is 0 Å². The van der Waals surface area contributed by atoms with Gasteiger partial charge in [0.25, 0.3) is 5.56 Å². The smallest absolute Gasteiger partial charge is 0.259 e. The molecule has 2 fully saturated rings. The SMILES string of the molecule is Cc1cn2nc(-c3nc4ccc(N5CCN(C6CC6)CC5)cc4c(=O)[nH]3)cc2cn1. The normalized spacial score (nSPS) is 17.8. The molecule has 0 amide bonds. The van der Waals surface area contributed by atoms with E-state index in [9.17, 15) is 4.79 Å². The van der Waals surface area contributed by atoms with Crippen LogP contribution in [0.25, 0.3) is 27.9 Å². The molecule has 8 nitrogen and oxygen atoms in total. The lowest BCUT2D eigenvalue weighted by molar-refractivity contribution is 0.248. The van der Waals surface area contributed by atoms with Crippen molar-refractivity contribution in [3.05, 3.63) is 52.7 Å². The zero-order chi connectivity index (χ0) is 20.2. The summed E-state index contributed by atoms with van der Waals surface area (Å²) < 4.78 is 1.76. The first-order valence-electron chi connectivity index (χ1n) is 10.5. The highest BCUT2D eigenvalue weighted by molar-refractivity contribution is 5.83. The van der Waals surface area contributed by atoms with Crippen molar-refractivity contribution < 1.29 is 0 Å². The molecular weight excluding hydrogens is 378 g/mol. The van der Waals surface area contributed by atoms with E-state index in [4.69, 9.17) is 0 Å². The zero-order valence-corrected chi connectivity index (χ0v) is 16.9. The van der Waals surface area contributed by atoms with Crippen LogP contribution in [-0.4, -0.2) is 61.7 Å². The summed E-state index contributed by atoms with van der Waals surface area (Å²) in [4.78, 5) is 29.7. The van der Waals surface area contributed by atoms with Gasteiger partial charge in [-0.15, -0.1) is 0 Å². The molecule has 1 saturated carbocycles. The van der Waals surface area contributed by atoms with E-state index >= 15 is 0 Å². The van der Waals surface area contributed by atoms with E-state index in [0.29, 0.717) is 22.4 Å². The van der Waals surface area contributed by atoms with E-state index in [0.717, 1.165) is 49.1 Å². The molecule has 2 aliphatic rings. The van der Waals surface area contributed by atoms with E-state index < -0.39 is 0 Å². The second-order valence-corrected chi connectivity index (χ2v) is 8.30. The molecule has 0 atom stereocenters. The number of aryl methyl sites for hydroxylation is 1. The van der Waals surface area contributed by atoms with Crippen molar-refractivity contribution in [3.63, 3.8) is 0 Å². The van der Waals surface area contributed by atoms with Crippen molar-refractivity contribution in [2.75, 3.05) is 31.1 Å². The van der Waals surface area contributed by atoms with E-state index in [1.165, 1.54) is 12.8 Å². The molecule has 0 radical (unpaired) electrons.